The first-order chi connectivity index (χ1) is 9.04. The molecule has 2 aromatic heterocycles. The molecule has 9 heteroatoms. The monoisotopic (exact) mass is 283 g/mol. The highest BCUT2D eigenvalue weighted by molar-refractivity contribution is 7.12. The number of hydrogen-bond acceptors (Lipinski definition) is 7. The number of carboxylic acid groups (broad SMARTS) is 1. The van der Waals surface area contributed by atoms with Crippen molar-refractivity contribution in [3.63, 3.8) is 0 Å². The second kappa shape index (κ2) is 5.48. The molecule has 0 aliphatic carbocycles. The molecule has 100 valence electrons. The van der Waals surface area contributed by atoms with E-state index in [9.17, 15) is 9.59 Å². The molecule has 0 bridgehead atoms. The molecule has 0 atom stereocenters. The highest BCUT2D eigenvalue weighted by Crippen LogP contribution is 2.21. The predicted molar refractivity (Wildman–Crippen MR) is 64.4 cm³/mol. The van der Waals surface area contributed by atoms with Crippen LogP contribution in [0.3, 0.4) is 0 Å². The van der Waals surface area contributed by atoms with E-state index in [4.69, 9.17) is 14.3 Å². The van der Waals surface area contributed by atoms with E-state index in [1.807, 2.05) is 0 Å². The molecule has 0 radical (unpaired) electrons. The van der Waals surface area contributed by atoms with Crippen LogP contribution in [-0.4, -0.2) is 33.8 Å². The normalized spacial score (nSPS) is 10.2. The molecule has 0 spiro atoms. The van der Waals surface area contributed by atoms with Gasteiger partial charge in [0.05, 0.1) is 0 Å². The van der Waals surface area contributed by atoms with Crippen molar-refractivity contribution in [2.45, 2.75) is 6.92 Å². The van der Waals surface area contributed by atoms with E-state index < -0.39 is 11.9 Å². The van der Waals surface area contributed by atoms with E-state index in [-0.39, 0.29) is 17.5 Å². The molecule has 8 nitrogen and oxygen atoms in total. The third kappa shape index (κ3) is 3.52. The SMILES string of the molecule is Cc1nnc(NC(=O)COc2csc(C(=O)O)c2)o1. The summed E-state index contributed by atoms with van der Waals surface area (Å²) in [5.74, 6) is -0.864. The lowest BCUT2D eigenvalue weighted by Crippen LogP contribution is -2.20. The molecule has 0 aliphatic rings. The number of carbonyl (C=O) groups excluding carboxylic acids is 1. The fourth-order valence-electron chi connectivity index (χ4n) is 1.16. The maximum absolute atomic E-state index is 11.5. The van der Waals surface area contributed by atoms with Crippen molar-refractivity contribution in [3.8, 4) is 5.75 Å². The smallest absolute Gasteiger partial charge is 0.346 e. The summed E-state index contributed by atoms with van der Waals surface area (Å²) in [5, 5.41) is 19.7. The molecular weight excluding hydrogens is 274 g/mol. The standard InChI is InChI=1S/C10H9N3O5S/c1-5-12-13-10(18-5)11-8(14)3-17-6-2-7(9(15)16)19-4-6/h2,4H,3H2,1H3,(H,15,16)(H,11,13,14). The van der Waals surface area contributed by atoms with Crippen molar-refractivity contribution in [1.82, 2.24) is 10.2 Å². The number of anilines is 1. The Bertz CT molecular complexity index is 606. The average molecular weight is 283 g/mol. The van der Waals surface area contributed by atoms with E-state index in [2.05, 4.69) is 15.5 Å². The number of hydrogen-bond donors (Lipinski definition) is 2. The van der Waals surface area contributed by atoms with Crippen LogP contribution in [-0.2, 0) is 4.79 Å². The zero-order chi connectivity index (χ0) is 13.8. The number of nitrogens with one attached hydrogen (secondary N) is 1. The predicted octanol–water partition coefficient (Wildman–Crippen LogP) is 1.16. The van der Waals surface area contributed by atoms with Crippen molar-refractivity contribution in [3.05, 3.63) is 22.2 Å². The Balaban J connectivity index is 1.84. The third-order valence-corrected chi connectivity index (χ3v) is 2.83. The molecule has 2 aromatic rings. The van der Waals surface area contributed by atoms with Crippen molar-refractivity contribution < 1.29 is 23.8 Å². The molecule has 0 aromatic carbocycles. The van der Waals surface area contributed by atoms with Crippen molar-refractivity contribution in [2.75, 3.05) is 11.9 Å². The summed E-state index contributed by atoms with van der Waals surface area (Å²) >= 11 is 1.02. The first-order valence-corrected chi connectivity index (χ1v) is 5.97. The largest absolute Gasteiger partial charge is 0.483 e. The molecule has 0 unspecified atom stereocenters. The molecule has 0 saturated carbocycles. The maximum atomic E-state index is 11.5. The van der Waals surface area contributed by atoms with Gasteiger partial charge in [-0.05, 0) is 0 Å². The zero-order valence-electron chi connectivity index (χ0n) is 9.74. The number of aromatic nitrogens is 2. The van der Waals surface area contributed by atoms with Crippen LogP contribution in [0.4, 0.5) is 6.01 Å². The number of aromatic carboxylic acids is 1. The Morgan fingerprint density at radius 3 is 2.89 bits per heavy atom. The number of amides is 1. The van der Waals surface area contributed by atoms with Gasteiger partial charge in [-0.2, -0.15) is 0 Å². The second-order valence-corrected chi connectivity index (χ2v) is 4.33. The minimum Gasteiger partial charge on any atom is -0.483 e. The topological polar surface area (TPSA) is 115 Å². The number of rotatable bonds is 5. The van der Waals surface area contributed by atoms with E-state index in [0.717, 1.165) is 11.3 Å². The van der Waals surface area contributed by atoms with Crippen molar-refractivity contribution >= 4 is 29.2 Å². The number of carbonyl (C=O) groups is 2. The first-order valence-electron chi connectivity index (χ1n) is 5.09. The van der Waals surface area contributed by atoms with Crippen LogP contribution in [0.5, 0.6) is 5.75 Å². The molecule has 1 amide bonds. The van der Waals surface area contributed by atoms with Gasteiger partial charge >= 0.3 is 12.0 Å². The highest BCUT2D eigenvalue weighted by atomic mass is 32.1. The van der Waals surface area contributed by atoms with E-state index >= 15 is 0 Å². The Hall–Kier alpha value is -2.42. The van der Waals surface area contributed by atoms with Gasteiger partial charge in [0.25, 0.3) is 5.91 Å². The summed E-state index contributed by atoms with van der Waals surface area (Å²) in [7, 11) is 0. The van der Waals surface area contributed by atoms with Gasteiger partial charge in [-0.25, -0.2) is 4.79 Å². The highest BCUT2D eigenvalue weighted by Gasteiger charge is 2.11. The van der Waals surface area contributed by atoms with Crippen molar-refractivity contribution in [2.24, 2.45) is 0 Å². The van der Waals surface area contributed by atoms with Crippen LogP contribution in [0.1, 0.15) is 15.6 Å². The van der Waals surface area contributed by atoms with Crippen LogP contribution in [0.15, 0.2) is 15.9 Å². The average Bonchev–Trinajstić information content (AvgIpc) is 2.96. The van der Waals surface area contributed by atoms with Crippen LogP contribution in [0.2, 0.25) is 0 Å². The van der Waals surface area contributed by atoms with Crippen LogP contribution < -0.4 is 10.1 Å². The van der Waals surface area contributed by atoms with Crippen LogP contribution in [0, 0.1) is 6.92 Å². The van der Waals surface area contributed by atoms with Gasteiger partial charge in [0.15, 0.2) is 6.61 Å². The third-order valence-electron chi connectivity index (χ3n) is 1.93. The van der Waals surface area contributed by atoms with Gasteiger partial charge in [0.1, 0.15) is 10.6 Å². The van der Waals surface area contributed by atoms with Crippen LogP contribution >= 0.6 is 11.3 Å². The number of ether oxygens (including phenoxy) is 1. The van der Waals surface area contributed by atoms with Gasteiger partial charge in [0, 0.05) is 18.4 Å². The van der Waals surface area contributed by atoms with Gasteiger partial charge in [-0.3, -0.25) is 10.1 Å². The minimum absolute atomic E-state index is 0.0114. The summed E-state index contributed by atoms with van der Waals surface area (Å²) in [4.78, 5) is 22.2. The molecule has 0 aliphatic heterocycles. The van der Waals surface area contributed by atoms with E-state index in [0.29, 0.717) is 11.6 Å². The summed E-state index contributed by atoms with van der Waals surface area (Å²) in [6.07, 6.45) is 0. The van der Waals surface area contributed by atoms with Gasteiger partial charge in [-0.1, -0.05) is 5.10 Å². The Kier molecular flexibility index (Phi) is 3.76. The molecule has 2 rings (SSSR count). The lowest BCUT2D eigenvalue weighted by atomic mass is 10.4. The fraction of sp³-hybridized carbons (Fsp3) is 0.200. The lowest BCUT2D eigenvalue weighted by molar-refractivity contribution is -0.118. The minimum atomic E-state index is -1.04. The molecule has 0 fully saturated rings. The number of nitrogens with zero attached hydrogens (tertiary/aromatic N) is 2. The van der Waals surface area contributed by atoms with Gasteiger partial charge in [0.2, 0.25) is 5.89 Å². The summed E-state index contributed by atoms with van der Waals surface area (Å²) in [5.41, 5.74) is 0. The Labute approximate surface area is 111 Å². The molecule has 0 saturated heterocycles. The second-order valence-electron chi connectivity index (χ2n) is 3.41. The number of aryl methyl sites for hydroxylation is 1. The maximum Gasteiger partial charge on any atom is 0.346 e. The Morgan fingerprint density at radius 2 is 2.32 bits per heavy atom. The van der Waals surface area contributed by atoms with E-state index in [1.165, 1.54) is 11.4 Å². The first kappa shape index (κ1) is 13.0. The molecular formula is C10H9N3O5S. The number of carboxylic acids is 1. The summed E-state index contributed by atoms with van der Waals surface area (Å²) < 4.78 is 10.1. The summed E-state index contributed by atoms with van der Waals surface area (Å²) in [6, 6.07) is 1.33. The lowest BCUT2D eigenvalue weighted by Gasteiger charge is -2.02. The van der Waals surface area contributed by atoms with Crippen molar-refractivity contribution in [1.29, 1.82) is 0 Å². The molecule has 19 heavy (non-hydrogen) atoms. The zero-order valence-corrected chi connectivity index (χ0v) is 10.6. The number of thiophene rings is 1. The molecule has 2 N–H and O–H groups in total. The van der Waals surface area contributed by atoms with Gasteiger partial charge in [-0.15, -0.1) is 16.4 Å². The van der Waals surface area contributed by atoms with E-state index in [1.54, 1.807) is 6.92 Å². The summed E-state index contributed by atoms with van der Waals surface area (Å²) in [6.45, 7) is 1.31. The quantitative estimate of drug-likeness (QED) is 0.845. The fourth-order valence-corrected chi connectivity index (χ4v) is 1.82. The van der Waals surface area contributed by atoms with Gasteiger partial charge < -0.3 is 14.3 Å². The Morgan fingerprint density at radius 1 is 1.53 bits per heavy atom. The van der Waals surface area contributed by atoms with Crippen LogP contribution in [0.25, 0.3) is 0 Å². The molecule has 2 heterocycles.